The van der Waals surface area contributed by atoms with Crippen molar-refractivity contribution >= 4 is 17.4 Å². The second-order valence-corrected chi connectivity index (χ2v) is 4.88. The number of rotatable bonds is 3. The topological polar surface area (TPSA) is 70.0 Å². The highest BCUT2D eigenvalue weighted by Crippen LogP contribution is 2.27. The van der Waals surface area contributed by atoms with Crippen LogP contribution in [0.2, 0.25) is 0 Å². The maximum atomic E-state index is 9.35. The number of thioether (sulfide) groups is 1. The van der Waals surface area contributed by atoms with Crippen molar-refractivity contribution in [2.24, 2.45) is 0 Å². The first-order valence-electron chi connectivity index (χ1n) is 4.69. The van der Waals surface area contributed by atoms with E-state index in [4.69, 9.17) is 11.0 Å². The number of benzene rings is 1. The molecular weight excluding hydrogens is 208 g/mol. The molecule has 0 saturated carbocycles. The highest BCUT2D eigenvalue weighted by molar-refractivity contribution is 8.00. The Kier molecular flexibility index (Phi) is 4.01. The van der Waals surface area contributed by atoms with E-state index in [1.807, 2.05) is 19.1 Å². The van der Waals surface area contributed by atoms with Crippen molar-refractivity contribution in [2.75, 3.05) is 5.73 Å². The molecular formula is C11H14N2OS. The van der Waals surface area contributed by atoms with Gasteiger partial charge in [0.05, 0.1) is 11.7 Å². The fraction of sp³-hybridized carbons (Fsp3) is 0.364. The van der Waals surface area contributed by atoms with Gasteiger partial charge in [-0.15, -0.1) is 11.8 Å². The van der Waals surface area contributed by atoms with E-state index < -0.39 is 0 Å². The van der Waals surface area contributed by atoms with Gasteiger partial charge in [-0.3, -0.25) is 0 Å². The van der Waals surface area contributed by atoms with E-state index in [2.05, 4.69) is 0 Å². The molecule has 0 radical (unpaired) electrons. The van der Waals surface area contributed by atoms with E-state index in [0.717, 1.165) is 4.90 Å². The molecule has 80 valence electrons. The van der Waals surface area contributed by atoms with Crippen LogP contribution in [0, 0.1) is 11.3 Å². The van der Waals surface area contributed by atoms with Crippen LogP contribution >= 0.6 is 11.8 Å². The van der Waals surface area contributed by atoms with Gasteiger partial charge in [-0.05, 0) is 25.1 Å². The average molecular weight is 222 g/mol. The first kappa shape index (κ1) is 11.9. The third-order valence-corrected chi connectivity index (χ3v) is 3.44. The molecule has 0 aliphatic carbocycles. The van der Waals surface area contributed by atoms with Gasteiger partial charge in [0.25, 0.3) is 0 Å². The molecule has 3 nitrogen and oxygen atoms in total. The highest BCUT2D eigenvalue weighted by atomic mass is 32.2. The molecule has 0 aromatic heterocycles. The predicted molar refractivity (Wildman–Crippen MR) is 62.6 cm³/mol. The molecule has 1 aromatic carbocycles. The van der Waals surface area contributed by atoms with Gasteiger partial charge in [0.15, 0.2) is 0 Å². The third kappa shape index (κ3) is 3.15. The van der Waals surface area contributed by atoms with Crippen LogP contribution in [-0.4, -0.2) is 16.5 Å². The Hall–Kier alpha value is -1.18. The third-order valence-electron chi connectivity index (χ3n) is 2.15. The van der Waals surface area contributed by atoms with Crippen LogP contribution in [0.15, 0.2) is 23.1 Å². The van der Waals surface area contributed by atoms with Crippen LogP contribution in [0.4, 0.5) is 5.69 Å². The maximum absolute atomic E-state index is 9.35. The Morgan fingerprint density at radius 2 is 2.13 bits per heavy atom. The zero-order valence-electron chi connectivity index (χ0n) is 8.77. The second kappa shape index (κ2) is 5.06. The number of nitriles is 1. The van der Waals surface area contributed by atoms with Crippen molar-refractivity contribution in [1.29, 1.82) is 5.26 Å². The van der Waals surface area contributed by atoms with Crippen LogP contribution in [0.1, 0.15) is 19.4 Å². The van der Waals surface area contributed by atoms with Crippen LogP contribution in [0.25, 0.3) is 0 Å². The quantitative estimate of drug-likeness (QED) is 0.606. The summed E-state index contributed by atoms with van der Waals surface area (Å²) in [7, 11) is 0. The van der Waals surface area contributed by atoms with Crippen molar-refractivity contribution in [1.82, 2.24) is 0 Å². The lowest BCUT2D eigenvalue weighted by Gasteiger charge is -2.14. The van der Waals surface area contributed by atoms with Crippen molar-refractivity contribution in [3.8, 4) is 6.07 Å². The summed E-state index contributed by atoms with van der Waals surface area (Å²) in [4.78, 5) is 0.953. The van der Waals surface area contributed by atoms with Crippen LogP contribution in [0.3, 0.4) is 0 Å². The first-order valence-corrected chi connectivity index (χ1v) is 5.57. The molecule has 0 heterocycles. The van der Waals surface area contributed by atoms with Gasteiger partial charge in [-0.2, -0.15) is 5.26 Å². The maximum Gasteiger partial charge on any atom is 0.101 e. The Balaban J connectivity index is 2.84. The van der Waals surface area contributed by atoms with E-state index in [1.165, 1.54) is 11.8 Å². The first-order chi connectivity index (χ1) is 7.04. The molecule has 1 aromatic rings. The van der Waals surface area contributed by atoms with Gasteiger partial charge in [-0.25, -0.2) is 0 Å². The monoisotopic (exact) mass is 222 g/mol. The minimum atomic E-state index is -0.377. The van der Waals surface area contributed by atoms with Crippen molar-refractivity contribution < 1.29 is 5.11 Å². The molecule has 0 spiro atoms. The summed E-state index contributed by atoms with van der Waals surface area (Å²) < 4.78 is 0. The van der Waals surface area contributed by atoms with Gasteiger partial charge < -0.3 is 10.8 Å². The van der Waals surface area contributed by atoms with Crippen molar-refractivity contribution in [3.05, 3.63) is 23.8 Å². The zero-order valence-corrected chi connectivity index (χ0v) is 9.58. The summed E-state index contributed by atoms with van der Waals surface area (Å²) in [5.41, 5.74) is 6.59. The SMILES string of the molecule is CC(O)C(C)Sc1ccc(N)c(C#N)c1. The molecule has 0 amide bonds. The molecule has 0 aliphatic rings. The Morgan fingerprint density at radius 1 is 1.47 bits per heavy atom. The van der Waals surface area contributed by atoms with Gasteiger partial charge in [0, 0.05) is 15.8 Å². The molecule has 0 fully saturated rings. The van der Waals surface area contributed by atoms with Crippen molar-refractivity contribution in [2.45, 2.75) is 30.1 Å². The standard InChI is InChI=1S/C11H14N2OS/c1-7(14)8(2)15-10-3-4-11(13)9(5-10)6-12/h3-5,7-8,14H,13H2,1-2H3. The Bertz CT molecular complexity index is 385. The fourth-order valence-corrected chi connectivity index (χ4v) is 1.98. The van der Waals surface area contributed by atoms with Crippen LogP contribution < -0.4 is 5.73 Å². The average Bonchev–Trinajstić information content (AvgIpc) is 2.20. The number of anilines is 1. The number of nitrogens with two attached hydrogens (primary N) is 1. The summed E-state index contributed by atoms with van der Waals surface area (Å²) in [5, 5.41) is 18.2. The molecule has 2 atom stereocenters. The molecule has 2 unspecified atom stereocenters. The molecule has 0 saturated heterocycles. The van der Waals surface area contributed by atoms with Crippen LogP contribution in [0.5, 0.6) is 0 Å². The summed E-state index contributed by atoms with van der Waals surface area (Å²) in [6.07, 6.45) is -0.377. The van der Waals surface area contributed by atoms with Gasteiger partial charge >= 0.3 is 0 Å². The van der Waals surface area contributed by atoms with E-state index in [-0.39, 0.29) is 11.4 Å². The Labute approximate surface area is 93.9 Å². The lowest BCUT2D eigenvalue weighted by molar-refractivity contribution is 0.196. The van der Waals surface area contributed by atoms with Crippen molar-refractivity contribution in [3.63, 3.8) is 0 Å². The van der Waals surface area contributed by atoms with Crippen LogP contribution in [-0.2, 0) is 0 Å². The molecule has 15 heavy (non-hydrogen) atoms. The number of aliphatic hydroxyl groups excluding tert-OH is 1. The normalized spacial score (nSPS) is 14.3. The van der Waals surface area contributed by atoms with Gasteiger partial charge in [-0.1, -0.05) is 6.92 Å². The van der Waals surface area contributed by atoms with Gasteiger partial charge in [0.1, 0.15) is 6.07 Å². The fourth-order valence-electron chi connectivity index (χ4n) is 1.02. The largest absolute Gasteiger partial charge is 0.398 e. The molecule has 0 aliphatic heterocycles. The number of hydrogen-bond acceptors (Lipinski definition) is 4. The number of hydrogen-bond donors (Lipinski definition) is 2. The molecule has 0 bridgehead atoms. The lowest BCUT2D eigenvalue weighted by Crippen LogP contribution is -2.14. The molecule has 3 N–H and O–H groups in total. The van der Waals surface area contributed by atoms with Gasteiger partial charge in [0.2, 0.25) is 0 Å². The number of nitrogen functional groups attached to an aromatic ring is 1. The Morgan fingerprint density at radius 3 is 2.67 bits per heavy atom. The van der Waals surface area contributed by atoms with E-state index in [0.29, 0.717) is 11.3 Å². The predicted octanol–water partition coefficient (Wildman–Crippen LogP) is 2.00. The summed E-state index contributed by atoms with van der Waals surface area (Å²) >= 11 is 1.53. The van der Waals surface area contributed by atoms with E-state index in [1.54, 1.807) is 19.1 Å². The van der Waals surface area contributed by atoms with E-state index in [9.17, 15) is 5.11 Å². The smallest absolute Gasteiger partial charge is 0.101 e. The lowest BCUT2D eigenvalue weighted by atomic mass is 10.2. The molecule has 4 heteroatoms. The summed E-state index contributed by atoms with van der Waals surface area (Å²) in [6, 6.07) is 7.36. The van der Waals surface area contributed by atoms with E-state index >= 15 is 0 Å². The zero-order chi connectivity index (χ0) is 11.4. The number of aliphatic hydroxyl groups is 1. The molecule has 1 rings (SSSR count). The summed E-state index contributed by atoms with van der Waals surface area (Å²) in [5.74, 6) is 0. The minimum Gasteiger partial charge on any atom is -0.398 e. The number of nitrogens with zero attached hydrogens (tertiary/aromatic N) is 1. The minimum absolute atomic E-state index is 0.0974. The highest BCUT2D eigenvalue weighted by Gasteiger charge is 2.11. The second-order valence-electron chi connectivity index (χ2n) is 3.42. The summed E-state index contributed by atoms with van der Waals surface area (Å²) in [6.45, 7) is 3.69.